The molecule has 0 saturated heterocycles. The molecule has 4 heterocycles. The number of nitrogens with zero attached hydrogens (tertiary/aromatic N) is 3. The molecule has 1 amide bonds. The van der Waals surface area contributed by atoms with Gasteiger partial charge in [0.2, 0.25) is 17.7 Å². The number of H-pyrrole nitrogens is 1. The first kappa shape index (κ1) is 16.7. The molecule has 0 aliphatic rings. The minimum atomic E-state index is -0.152. The van der Waals surface area contributed by atoms with Gasteiger partial charge in [-0.15, -0.1) is 21.5 Å². The minimum Gasteiger partial charge on any atom is -0.421 e. The van der Waals surface area contributed by atoms with Gasteiger partial charge in [-0.2, -0.15) is 16.4 Å². The molecule has 4 aromatic heterocycles. The van der Waals surface area contributed by atoms with Gasteiger partial charge in [0.15, 0.2) is 5.82 Å². The number of thiophene rings is 2. The average molecular weight is 385 g/mol. The molecule has 0 aliphatic carbocycles. The van der Waals surface area contributed by atoms with Gasteiger partial charge in [-0.1, -0.05) is 0 Å². The number of rotatable bonds is 6. The molecule has 0 fully saturated rings. The smallest absolute Gasteiger partial charge is 0.248 e. The molecule has 0 spiro atoms. The van der Waals surface area contributed by atoms with Crippen LogP contribution in [0.15, 0.2) is 39.4 Å². The van der Waals surface area contributed by atoms with Gasteiger partial charge in [-0.05, 0) is 30.5 Å². The highest BCUT2D eigenvalue weighted by atomic mass is 32.1. The topological polar surface area (TPSA) is 96.7 Å². The second-order valence-corrected chi connectivity index (χ2v) is 7.71. The maximum atomic E-state index is 12.1. The van der Waals surface area contributed by atoms with Crippen molar-refractivity contribution in [1.29, 1.82) is 0 Å². The number of aromatic nitrogens is 4. The number of amides is 1. The molecule has 0 aromatic carbocycles. The highest BCUT2D eigenvalue weighted by Gasteiger charge is 2.12. The predicted octanol–water partition coefficient (Wildman–Crippen LogP) is 4.13. The van der Waals surface area contributed by atoms with Crippen molar-refractivity contribution in [2.75, 3.05) is 5.32 Å². The molecule has 4 aromatic rings. The Hall–Kier alpha value is -2.78. The number of nitrogens with one attached hydrogen (secondary N) is 2. The quantitative estimate of drug-likeness (QED) is 0.520. The molecule has 0 bridgehead atoms. The maximum absolute atomic E-state index is 12.1. The van der Waals surface area contributed by atoms with E-state index < -0.39 is 0 Å². The van der Waals surface area contributed by atoms with Crippen molar-refractivity contribution in [2.45, 2.75) is 19.8 Å². The number of aryl methyl sites for hydroxylation is 2. The average Bonchev–Trinajstić information content (AvgIpc) is 3.39. The van der Waals surface area contributed by atoms with Crippen LogP contribution in [0.2, 0.25) is 0 Å². The SMILES string of the molecule is Cc1ccc(-c2cc(NC(=O)CCc3nnc(-c4ccsc4)o3)n[nH]2)s1. The molecule has 0 radical (unpaired) electrons. The fraction of sp³-hybridized carbons (Fsp3) is 0.176. The Balaban J connectivity index is 1.32. The molecule has 26 heavy (non-hydrogen) atoms. The van der Waals surface area contributed by atoms with E-state index in [0.29, 0.717) is 24.0 Å². The van der Waals surface area contributed by atoms with Crippen molar-refractivity contribution in [3.05, 3.63) is 45.8 Å². The number of carbonyl (C=O) groups excluding carboxylic acids is 1. The van der Waals surface area contributed by atoms with Crippen LogP contribution in [-0.4, -0.2) is 26.3 Å². The van der Waals surface area contributed by atoms with Crippen LogP contribution < -0.4 is 5.32 Å². The summed E-state index contributed by atoms with van der Waals surface area (Å²) in [7, 11) is 0. The van der Waals surface area contributed by atoms with Crippen molar-refractivity contribution in [1.82, 2.24) is 20.4 Å². The van der Waals surface area contributed by atoms with Crippen LogP contribution in [0.25, 0.3) is 22.0 Å². The number of carbonyl (C=O) groups is 1. The second kappa shape index (κ2) is 7.22. The molecular formula is C17H15N5O2S2. The monoisotopic (exact) mass is 385 g/mol. The fourth-order valence-electron chi connectivity index (χ4n) is 2.37. The van der Waals surface area contributed by atoms with E-state index in [1.165, 1.54) is 4.88 Å². The molecule has 0 aliphatic heterocycles. The highest BCUT2D eigenvalue weighted by Crippen LogP contribution is 2.27. The van der Waals surface area contributed by atoms with E-state index in [2.05, 4.69) is 32.6 Å². The van der Waals surface area contributed by atoms with E-state index in [-0.39, 0.29) is 12.3 Å². The predicted molar refractivity (Wildman–Crippen MR) is 101 cm³/mol. The third kappa shape index (κ3) is 3.73. The third-order valence-electron chi connectivity index (χ3n) is 3.65. The van der Waals surface area contributed by atoms with Crippen molar-refractivity contribution in [3.63, 3.8) is 0 Å². The van der Waals surface area contributed by atoms with Gasteiger partial charge in [-0.3, -0.25) is 9.89 Å². The molecule has 0 atom stereocenters. The van der Waals surface area contributed by atoms with E-state index in [4.69, 9.17) is 4.42 Å². The maximum Gasteiger partial charge on any atom is 0.248 e. The summed E-state index contributed by atoms with van der Waals surface area (Å²) in [5.41, 5.74) is 1.78. The van der Waals surface area contributed by atoms with Crippen molar-refractivity contribution < 1.29 is 9.21 Å². The van der Waals surface area contributed by atoms with Gasteiger partial charge in [0, 0.05) is 34.7 Å². The summed E-state index contributed by atoms with van der Waals surface area (Å²) in [6.45, 7) is 2.05. The first-order chi connectivity index (χ1) is 12.7. The lowest BCUT2D eigenvalue weighted by atomic mass is 10.3. The van der Waals surface area contributed by atoms with Gasteiger partial charge < -0.3 is 9.73 Å². The summed E-state index contributed by atoms with van der Waals surface area (Å²) in [6, 6.07) is 7.82. The zero-order chi connectivity index (χ0) is 17.9. The summed E-state index contributed by atoms with van der Waals surface area (Å²) in [6.07, 6.45) is 0.621. The standard InChI is InChI=1S/C17H15N5O2S2/c1-10-2-3-13(26-10)12-8-14(20-19-12)18-15(23)4-5-16-21-22-17(24-16)11-6-7-25-9-11/h2-3,6-9H,4-5H2,1H3,(H2,18,19,20,23). The second-order valence-electron chi connectivity index (χ2n) is 5.64. The number of hydrogen-bond acceptors (Lipinski definition) is 7. The molecule has 9 heteroatoms. The lowest BCUT2D eigenvalue weighted by molar-refractivity contribution is -0.116. The zero-order valence-electron chi connectivity index (χ0n) is 13.9. The Labute approximate surface area is 157 Å². The van der Waals surface area contributed by atoms with E-state index in [1.807, 2.05) is 35.0 Å². The van der Waals surface area contributed by atoms with Crippen molar-refractivity contribution >= 4 is 34.4 Å². The van der Waals surface area contributed by atoms with E-state index in [9.17, 15) is 4.79 Å². The Morgan fingerprint density at radius 3 is 3.00 bits per heavy atom. The molecule has 0 saturated carbocycles. The fourth-order valence-corrected chi connectivity index (χ4v) is 3.84. The molecule has 4 rings (SSSR count). The van der Waals surface area contributed by atoms with Crippen molar-refractivity contribution in [2.24, 2.45) is 0 Å². The van der Waals surface area contributed by atoms with Crippen LogP contribution in [0.3, 0.4) is 0 Å². The van der Waals surface area contributed by atoms with Crippen LogP contribution in [0.5, 0.6) is 0 Å². The van der Waals surface area contributed by atoms with Gasteiger partial charge in [0.1, 0.15) is 0 Å². The summed E-state index contributed by atoms with van der Waals surface area (Å²) >= 11 is 3.23. The third-order valence-corrected chi connectivity index (χ3v) is 5.37. The Bertz CT molecular complexity index is 1020. The molecule has 0 unspecified atom stereocenters. The zero-order valence-corrected chi connectivity index (χ0v) is 15.5. The summed E-state index contributed by atoms with van der Waals surface area (Å²) in [5.74, 6) is 1.27. The summed E-state index contributed by atoms with van der Waals surface area (Å²) < 4.78 is 5.58. The largest absolute Gasteiger partial charge is 0.421 e. The van der Waals surface area contributed by atoms with Crippen LogP contribution >= 0.6 is 22.7 Å². The first-order valence-corrected chi connectivity index (χ1v) is 9.70. The molecule has 132 valence electrons. The van der Waals surface area contributed by atoms with Gasteiger partial charge in [0.05, 0.1) is 10.6 Å². The van der Waals surface area contributed by atoms with Crippen LogP contribution in [0.1, 0.15) is 17.2 Å². The van der Waals surface area contributed by atoms with Crippen LogP contribution in [0.4, 0.5) is 5.82 Å². The Morgan fingerprint density at radius 1 is 1.31 bits per heavy atom. The van der Waals surface area contributed by atoms with E-state index >= 15 is 0 Å². The van der Waals surface area contributed by atoms with Gasteiger partial charge >= 0.3 is 0 Å². The minimum absolute atomic E-state index is 0.152. The van der Waals surface area contributed by atoms with Gasteiger partial charge in [-0.25, -0.2) is 0 Å². The lowest BCUT2D eigenvalue weighted by Crippen LogP contribution is -2.12. The lowest BCUT2D eigenvalue weighted by Gasteiger charge is -1.99. The summed E-state index contributed by atoms with van der Waals surface area (Å²) in [4.78, 5) is 14.4. The number of hydrogen-bond donors (Lipinski definition) is 2. The van der Waals surface area contributed by atoms with Crippen molar-refractivity contribution in [3.8, 4) is 22.0 Å². The number of aromatic amines is 1. The van der Waals surface area contributed by atoms with Crippen LogP contribution in [-0.2, 0) is 11.2 Å². The summed E-state index contributed by atoms with van der Waals surface area (Å²) in [5, 5.41) is 21.7. The first-order valence-electron chi connectivity index (χ1n) is 7.94. The van der Waals surface area contributed by atoms with Gasteiger partial charge in [0.25, 0.3) is 0 Å². The normalized spacial score (nSPS) is 11.0. The van der Waals surface area contributed by atoms with Crippen LogP contribution in [0, 0.1) is 6.92 Å². The van der Waals surface area contributed by atoms with E-state index in [0.717, 1.165) is 16.1 Å². The number of anilines is 1. The Kier molecular flexibility index (Phi) is 4.63. The molecule has 2 N–H and O–H groups in total. The molecule has 7 nitrogen and oxygen atoms in total. The highest BCUT2D eigenvalue weighted by molar-refractivity contribution is 7.15. The molecular weight excluding hydrogens is 370 g/mol. The Morgan fingerprint density at radius 2 is 2.23 bits per heavy atom. The van der Waals surface area contributed by atoms with E-state index in [1.54, 1.807) is 22.7 Å².